The second-order valence-electron chi connectivity index (χ2n) is 6.14. The van der Waals surface area contributed by atoms with E-state index in [4.69, 9.17) is 4.74 Å². The van der Waals surface area contributed by atoms with E-state index in [0.29, 0.717) is 11.8 Å². The number of nitrogens with zero attached hydrogens (tertiary/aromatic N) is 1. The van der Waals surface area contributed by atoms with Crippen LogP contribution in [-0.2, 0) is 0 Å². The van der Waals surface area contributed by atoms with Gasteiger partial charge in [-0.1, -0.05) is 20.8 Å². The summed E-state index contributed by atoms with van der Waals surface area (Å²) in [6.45, 7) is 9.51. The Morgan fingerprint density at radius 3 is 2.74 bits per heavy atom. The van der Waals surface area contributed by atoms with Crippen molar-refractivity contribution in [3.05, 3.63) is 24.0 Å². The highest BCUT2D eigenvalue weighted by Crippen LogP contribution is 2.28. The van der Waals surface area contributed by atoms with Gasteiger partial charge in [-0.05, 0) is 17.5 Å². The van der Waals surface area contributed by atoms with Gasteiger partial charge in [0.05, 0.1) is 7.11 Å². The molecule has 2 rings (SSSR count). The predicted octanol–water partition coefficient (Wildman–Crippen LogP) is 2.66. The van der Waals surface area contributed by atoms with Gasteiger partial charge in [0.25, 0.3) is 0 Å². The lowest BCUT2D eigenvalue weighted by Crippen LogP contribution is -2.56. The number of benzene rings is 1. The van der Waals surface area contributed by atoms with E-state index in [2.05, 4.69) is 31.0 Å². The van der Waals surface area contributed by atoms with Gasteiger partial charge in [-0.25, -0.2) is 4.39 Å². The molecule has 1 saturated heterocycles. The van der Waals surface area contributed by atoms with Crippen LogP contribution < -0.4 is 15.0 Å². The van der Waals surface area contributed by atoms with Gasteiger partial charge in [-0.3, -0.25) is 0 Å². The van der Waals surface area contributed by atoms with Crippen molar-refractivity contribution in [1.29, 1.82) is 0 Å². The fourth-order valence-electron chi connectivity index (χ4n) is 2.41. The van der Waals surface area contributed by atoms with Crippen LogP contribution in [0.4, 0.5) is 10.1 Å². The van der Waals surface area contributed by atoms with Crippen molar-refractivity contribution in [3.63, 3.8) is 0 Å². The van der Waals surface area contributed by atoms with E-state index in [-0.39, 0.29) is 11.2 Å². The molecule has 19 heavy (non-hydrogen) atoms. The molecule has 106 valence electrons. The molecule has 0 radical (unpaired) electrons. The van der Waals surface area contributed by atoms with Gasteiger partial charge < -0.3 is 15.0 Å². The smallest absolute Gasteiger partial charge is 0.165 e. The Balaban J connectivity index is 2.17. The number of hydrogen-bond donors (Lipinski definition) is 1. The highest BCUT2D eigenvalue weighted by atomic mass is 19.1. The second-order valence-corrected chi connectivity index (χ2v) is 6.14. The topological polar surface area (TPSA) is 24.5 Å². The maximum absolute atomic E-state index is 13.4. The van der Waals surface area contributed by atoms with Crippen molar-refractivity contribution in [2.24, 2.45) is 5.41 Å². The van der Waals surface area contributed by atoms with Crippen LogP contribution in [0.2, 0.25) is 0 Å². The number of anilines is 1. The maximum Gasteiger partial charge on any atom is 0.165 e. The Labute approximate surface area is 114 Å². The summed E-state index contributed by atoms with van der Waals surface area (Å²) in [6.07, 6.45) is 0. The average molecular weight is 266 g/mol. The highest BCUT2D eigenvalue weighted by molar-refractivity contribution is 5.52. The van der Waals surface area contributed by atoms with Gasteiger partial charge in [-0.2, -0.15) is 0 Å². The van der Waals surface area contributed by atoms with Gasteiger partial charge in [-0.15, -0.1) is 0 Å². The molecule has 0 aliphatic carbocycles. The summed E-state index contributed by atoms with van der Waals surface area (Å²) >= 11 is 0. The van der Waals surface area contributed by atoms with Crippen LogP contribution in [-0.4, -0.2) is 32.8 Å². The van der Waals surface area contributed by atoms with E-state index in [1.807, 2.05) is 6.07 Å². The SMILES string of the molecule is COc1cc(N2CCNC(C(C)(C)C)C2)ccc1F. The molecule has 1 unspecified atom stereocenters. The van der Waals surface area contributed by atoms with Crippen molar-refractivity contribution in [1.82, 2.24) is 5.32 Å². The number of hydrogen-bond acceptors (Lipinski definition) is 3. The highest BCUT2D eigenvalue weighted by Gasteiger charge is 2.29. The number of rotatable bonds is 2. The first kappa shape index (κ1) is 14.1. The Morgan fingerprint density at radius 1 is 1.37 bits per heavy atom. The van der Waals surface area contributed by atoms with Gasteiger partial charge in [0.2, 0.25) is 0 Å². The van der Waals surface area contributed by atoms with E-state index in [1.54, 1.807) is 6.07 Å². The van der Waals surface area contributed by atoms with Gasteiger partial charge in [0.1, 0.15) is 0 Å². The van der Waals surface area contributed by atoms with Crippen LogP contribution in [0, 0.1) is 11.2 Å². The Kier molecular flexibility index (Phi) is 3.99. The van der Waals surface area contributed by atoms with Crippen LogP contribution in [0.15, 0.2) is 18.2 Å². The number of halogens is 1. The van der Waals surface area contributed by atoms with E-state index >= 15 is 0 Å². The zero-order valence-corrected chi connectivity index (χ0v) is 12.2. The summed E-state index contributed by atoms with van der Waals surface area (Å²) in [5.41, 5.74) is 1.23. The Hall–Kier alpha value is -1.29. The third-order valence-corrected chi connectivity index (χ3v) is 3.72. The van der Waals surface area contributed by atoms with Crippen LogP contribution in [0.3, 0.4) is 0 Å². The Bertz CT molecular complexity index is 442. The summed E-state index contributed by atoms with van der Waals surface area (Å²) in [5, 5.41) is 3.55. The van der Waals surface area contributed by atoms with E-state index in [1.165, 1.54) is 13.2 Å². The monoisotopic (exact) mass is 266 g/mol. The Morgan fingerprint density at radius 2 is 2.11 bits per heavy atom. The molecule has 1 heterocycles. The summed E-state index contributed by atoms with van der Waals surface area (Å²) in [5.74, 6) is -0.00269. The molecule has 1 aliphatic heterocycles. The van der Waals surface area contributed by atoms with Crippen LogP contribution in [0.25, 0.3) is 0 Å². The first-order valence-corrected chi connectivity index (χ1v) is 6.73. The van der Waals surface area contributed by atoms with E-state index < -0.39 is 0 Å². The minimum Gasteiger partial charge on any atom is -0.494 e. The summed E-state index contributed by atoms with van der Waals surface area (Å²) in [6, 6.07) is 5.50. The molecule has 1 aliphatic rings. The molecule has 1 aromatic carbocycles. The summed E-state index contributed by atoms with van der Waals surface area (Å²) in [7, 11) is 1.50. The van der Waals surface area contributed by atoms with Crippen LogP contribution in [0.5, 0.6) is 5.75 Å². The standard InChI is InChI=1S/C15H23FN2O/c1-15(2,3)14-10-18(8-7-17-14)11-5-6-12(16)13(9-11)19-4/h5-6,9,14,17H,7-8,10H2,1-4H3. The van der Waals surface area contributed by atoms with Gasteiger partial charge in [0.15, 0.2) is 11.6 Å². The fourth-order valence-corrected chi connectivity index (χ4v) is 2.41. The molecular weight excluding hydrogens is 243 g/mol. The predicted molar refractivity (Wildman–Crippen MR) is 76.4 cm³/mol. The number of piperazine rings is 1. The zero-order valence-electron chi connectivity index (χ0n) is 12.2. The van der Waals surface area contributed by atoms with Crippen molar-refractivity contribution in [2.75, 3.05) is 31.6 Å². The molecule has 3 nitrogen and oxygen atoms in total. The van der Waals surface area contributed by atoms with E-state index in [9.17, 15) is 4.39 Å². The zero-order chi connectivity index (χ0) is 14.0. The summed E-state index contributed by atoms with van der Waals surface area (Å²) in [4.78, 5) is 2.29. The fraction of sp³-hybridized carbons (Fsp3) is 0.600. The number of nitrogens with one attached hydrogen (secondary N) is 1. The molecule has 0 bridgehead atoms. The first-order chi connectivity index (χ1) is 8.91. The van der Waals surface area contributed by atoms with E-state index in [0.717, 1.165) is 25.3 Å². The first-order valence-electron chi connectivity index (χ1n) is 6.73. The molecule has 0 amide bonds. The minimum absolute atomic E-state index is 0.211. The molecule has 1 fully saturated rings. The minimum atomic E-state index is -0.311. The van der Waals surface area contributed by atoms with Crippen molar-refractivity contribution >= 4 is 5.69 Å². The largest absolute Gasteiger partial charge is 0.494 e. The van der Waals surface area contributed by atoms with Gasteiger partial charge >= 0.3 is 0 Å². The maximum atomic E-state index is 13.4. The number of ether oxygens (including phenoxy) is 1. The lowest BCUT2D eigenvalue weighted by atomic mass is 9.85. The average Bonchev–Trinajstić information content (AvgIpc) is 2.38. The van der Waals surface area contributed by atoms with Crippen LogP contribution in [0.1, 0.15) is 20.8 Å². The molecule has 0 spiro atoms. The molecule has 1 N–H and O–H groups in total. The van der Waals surface area contributed by atoms with Crippen LogP contribution >= 0.6 is 0 Å². The van der Waals surface area contributed by atoms with Gasteiger partial charge in [0, 0.05) is 37.4 Å². The normalized spacial score (nSPS) is 20.5. The third-order valence-electron chi connectivity index (χ3n) is 3.72. The quantitative estimate of drug-likeness (QED) is 0.890. The van der Waals surface area contributed by atoms with Crippen molar-refractivity contribution in [2.45, 2.75) is 26.8 Å². The molecule has 1 atom stereocenters. The van der Waals surface area contributed by atoms with Crippen molar-refractivity contribution in [3.8, 4) is 5.75 Å². The lowest BCUT2D eigenvalue weighted by Gasteiger charge is -2.41. The molecule has 0 aromatic heterocycles. The van der Waals surface area contributed by atoms with Crippen molar-refractivity contribution < 1.29 is 9.13 Å². The number of methoxy groups -OCH3 is 1. The second kappa shape index (κ2) is 5.37. The molecule has 1 aromatic rings. The lowest BCUT2D eigenvalue weighted by molar-refractivity contribution is 0.254. The summed E-state index contributed by atoms with van der Waals surface area (Å²) < 4.78 is 18.5. The molecule has 4 heteroatoms. The molecular formula is C15H23FN2O. The third kappa shape index (κ3) is 3.18. The molecule has 0 saturated carbocycles.